The van der Waals surface area contributed by atoms with Gasteiger partial charge in [0.2, 0.25) is 10.0 Å². The highest BCUT2D eigenvalue weighted by Crippen LogP contribution is 2.33. The van der Waals surface area contributed by atoms with E-state index < -0.39 is 31.4 Å². The maximum Gasteiger partial charge on any atom is 0.211 e. The third kappa shape index (κ3) is 7.42. The summed E-state index contributed by atoms with van der Waals surface area (Å²) < 4.78 is 49.5. The minimum atomic E-state index is -3.52. The van der Waals surface area contributed by atoms with Crippen LogP contribution in [0.2, 0.25) is 0 Å². The molecule has 7 heteroatoms. The van der Waals surface area contributed by atoms with Crippen molar-refractivity contribution in [3.05, 3.63) is 0 Å². The van der Waals surface area contributed by atoms with Crippen molar-refractivity contribution >= 4 is 19.9 Å². The molecule has 0 spiro atoms. The van der Waals surface area contributed by atoms with Crippen molar-refractivity contribution in [1.82, 2.24) is 4.31 Å². The van der Waals surface area contributed by atoms with Gasteiger partial charge in [-0.3, -0.25) is 0 Å². The largest absolute Gasteiger partial charge is 0.229 e. The Kier molecular flexibility index (Phi) is 6.73. The van der Waals surface area contributed by atoms with Crippen LogP contribution in [0.4, 0.5) is 0 Å². The Labute approximate surface area is 137 Å². The van der Waals surface area contributed by atoms with Gasteiger partial charge in [0.25, 0.3) is 0 Å². The highest BCUT2D eigenvalue weighted by Gasteiger charge is 2.39. The topological polar surface area (TPSA) is 71.5 Å². The molecule has 0 rings (SSSR count). The van der Waals surface area contributed by atoms with Gasteiger partial charge in [0.05, 0.1) is 12.0 Å². The summed E-state index contributed by atoms with van der Waals surface area (Å²) in [4.78, 5) is 0. The second-order valence-corrected chi connectivity index (χ2v) is 12.5. The van der Waals surface area contributed by atoms with Gasteiger partial charge >= 0.3 is 0 Å². The molecule has 0 amide bonds. The van der Waals surface area contributed by atoms with Gasteiger partial charge in [-0.05, 0) is 38.5 Å². The summed E-state index contributed by atoms with van der Waals surface area (Å²) in [6, 6.07) is -0.556. The predicted molar refractivity (Wildman–Crippen MR) is 93.2 cm³/mol. The third-order valence-corrected chi connectivity index (χ3v) is 6.50. The van der Waals surface area contributed by atoms with Crippen molar-refractivity contribution in [2.75, 3.05) is 18.3 Å². The van der Waals surface area contributed by atoms with E-state index in [0.717, 1.165) is 12.5 Å². The molecule has 0 aromatic carbocycles. The first-order chi connectivity index (χ1) is 9.36. The van der Waals surface area contributed by atoms with E-state index in [1.807, 2.05) is 6.92 Å². The van der Waals surface area contributed by atoms with Gasteiger partial charge < -0.3 is 0 Å². The normalized spacial score (nSPS) is 17.5. The lowest BCUT2D eigenvalue weighted by Gasteiger charge is -2.42. The fraction of sp³-hybridized carbons (Fsp3) is 1.00. The summed E-state index contributed by atoms with van der Waals surface area (Å²) in [5.74, 6) is 0.0310. The Bertz CT molecular complexity index is 566. The van der Waals surface area contributed by atoms with Crippen LogP contribution in [0.15, 0.2) is 0 Å². The fourth-order valence-corrected chi connectivity index (χ4v) is 5.43. The summed E-state index contributed by atoms with van der Waals surface area (Å²) in [6.07, 6.45) is 2.82. The Hall–Kier alpha value is -0.140. The van der Waals surface area contributed by atoms with Crippen molar-refractivity contribution in [2.24, 2.45) is 11.3 Å². The van der Waals surface area contributed by atoms with Crippen molar-refractivity contribution < 1.29 is 16.8 Å². The highest BCUT2D eigenvalue weighted by atomic mass is 32.2. The average molecular weight is 356 g/mol. The van der Waals surface area contributed by atoms with Crippen LogP contribution in [0.5, 0.6) is 0 Å². The number of hydrogen-bond donors (Lipinski definition) is 0. The van der Waals surface area contributed by atoms with E-state index in [0.29, 0.717) is 6.42 Å². The van der Waals surface area contributed by atoms with Gasteiger partial charge in [-0.2, -0.15) is 4.31 Å². The fourth-order valence-electron chi connectivity index (χ4n) is 2.66. The Morgan fingerprint density at radius 1 is 0.909 bits per heavy atom. The molecule has 2 unspecified atom stereocenters. The van der Waals surface area contributed by atoms with E-state index in [9.17, 15) is 16.8 Å². The van der Waals surface area contributed by atoms with Crippen LogP contribution in [-0.2, 0) is 19.9 Å². The van der Waals surface area contributed by atoms with Crippen LogP contribution >= 0.6 is 0 Å². The van der Waals surface area contributed by atoms with Gasteiger partial charge in [0.1, 0.15) is 9.84 Å². The number of nitrogens with zero attached hydrogens (tertiary/aromatic N) is 1. The second-order valence-electron chi connectivity index (χ2n) is 8.48. The first-order valence-electron chi connectivity index (χ1n) is 7.53. The Morgan fingerprint density at radius 3 is 1.55 bits per heavy atom. The lowest BCUT2D eigenvalue weighted by atomic mass is 9.78. The Balaban J connectivity index is 5.84. The van der Waals surface area contributed by atoms with Crippen molar-refractivity contribution in [3.8, 4) is 0 Å². The van der Waals surface area contributed by atoms with E-state index in [1.165, 1.54) is 4.31 Å². The first kappa shape index (κ1) is 21.9. The Morgan fingerprint density at radius 2 is 1.32 bits per heavy atom. The highest BCUT2D eigenvalue weighted by molar-refractivity contribution is 7.91. The molecule has 22 heavy (non-hydrogen) atoms. The number of sulfone groups is 1. The van der Waals surface area contributed by atoms with Gasteiger partial charge in [-0.15, -0.1) is 0 Å². The van der Waals surface area contributed by atoms with Crippen LogP contribution in [0.3, 0.4) is 0 Å². The number of rotatable bonds is 6. The molecule has 0 aliphatic heterocycles. The molecule has 134 valence electrons. The van der Waals surface area contributed by atoms with Gasteiger partial charge in [0.15, 0.2) is 0 Å². The molecular formula is C15H33NO4S2. The van der Waals surface area contributed by atoms with E-state index >= 15 is 0 Å². The zero-order valence-corrected chi connectivity index (χ0v) is 17.1. The third-order valence-electron chi connectivity index (χ3n) is 3.95. The first-order valence-corrected chi connectivity index (χ1v) is 11.4. The molecule has 5 nitrogen and oxygen atoms in total. The van der Waals surface area contributed by atoms with E-state index in [1.54, 1.807) is 20.8 Å². The van der Waals surface area contributed by atoms with Crippen molar-refractivity contribution in [2.45, 2.75) is 66.5 Å². The van der Waals surface area contributed by atoms with Gasteiger partial charge in [-0.1, -0.05) is 27.7 Å². The molecule has 0 saturated heterocycles. The summed E-state index contributed by atoms with van der Waals surface area (Å²) >= 11 is 0. The van der Waals surface area contributed by atoms with Crippen LogP contribution in [-0.4, -0.2) is 51.0 Å². The lowest BCUT2D eigenvalue weighted by Crippen LogP contribution is -2.54. The molecule has 2 atom stereocenters. The molecule has 0 fully saturated rings. The van der Waals surface area contributed by atoms with Crippen LogP contribution in [0, 0.1) is 11.3 Å². The zero-order chi connectivity index (χ0) is 18.1. The molecule has 0 radical (unpaired) electrons. The molecule has 0 N–H and O–H groups in total. The standard InChI is InChI=1S/C15H33NO4S2/c1-12(14(2,3)4)10-13(11-21(8,17)18)16(15(5,6)7)22(9,19)20/h12-13H,10-11H2,1-9H3. The minimum absolute atomic E-state index is 0.0171. The summed E-state index contributed by atoms with van der Waals surface area (Å²) in [6.45, 7) is 13.7. The van der Waals surface area contributed by atoms with Crippen LogP contribution in [0.1, 0.15) is 54.9 Å². The van der Waals surface area contributed by atoms with E-state index in [4.69, 9.17) is 0 Å². The smallest absolute Gasteiger partial charge is 0.211 e. The lowest BCUT2D eigenvalue weighted by molar-refractivity contribution is 0.147. The molecule has 0 aliphatic carbocycles. The monoisotopic (exact) mass is 355 g/mol. The molecule has 0 heterocycles. The summed E-state index contributed by atoms with van der Waals surface area (Å²) in [7, 11) is -6.80. The van der Waals surface area contributed by atoms with Gasteiger partial charge in [-0.25, -0.2) is 16.8 Å². The van der Waals surface area contributed by atoms with Crippen molar-refractivity contribution in [1.29, 1.82) is 0 Å². The SMILES string of the molecule is CC(CC(CS(C)(=O)=O)N(C(C)(C)C)S(C)(=O)=O)C(C)(C)C. The van der Waals surface area contributed by atoms with Crippen LogP contribution in [0.25, 0.3) is 0 Å². The number of sulfonamides is 1. The molecule has 0 bridgehead atoms. The predicted octanol–water partition coefficient (Wildman–Crippen LogP) is 2.53. The molecule has 0 aromatic heterocycles. The maximum atomic E-state index is 12.3. The zero-order valence-electron chi connectivity index (χ0n) is 15.5. The van der Waals surface area contributed by atoms with E-state index in [-0.39, 0.29) is 17.1 Å². The number of hydrogen-bond acceptors (Lipinski definition) is 4. The molecule has 0 aromatic rings. The molecular weight excluding hydrogens is 322 g/mol. The minimum Gasteiger partial charge on any atom is -0.229 e. The van der Waals surface area contributed by atoms with E-state index in [2.05, 4.69) is 20.8 Å². The second kappa shape index (κ2) is 6.77. The molecule has 0 aliphatic rings. The average Bonchev–Trinajstić information content (AvgIpc) is 2.06. The van der Waals surface area contributed by atoms with Crippen molar-refractivity contribution in [3.63, 3.8) is 0 Å². The van der Waals surface area contributed by atoms with Gasteiger partial charge in [0, 0.05) is 17.8 Å². The quantitative estimate of drug-likeness (QED) is 0.734. The van der Waals surface area contributed by atoms with Crippen LogP contribution < -0.4 is 0 Å². The maximum absolute atomic E-state index is 12.3. The molecule has 0 saturated carbocycles. The summed E-state index contributed by atoms with van der Waals surface area (Å²) in [5.41, 5.74) is -0.683. The summed E-state index contributed by atoms with van der Waals surface area (Å²) in [5, 5.41) is 0.